The summed E-state index contributed by atoms with van der Waals surface area (Å²) in [4.78, 5) is 16.5. The monoisotopic (exact) mass is 461 g/mol. The topological polar surface area (TPSA) is 124 Å². The summed E-state index contributed by atoms with van der Waals surface area (Å²) in [6.45, 7) is 0. The highest BCUT2D eigenvalue weighted by molar-refractivity contribution is 7.93. The molecule has 1 amide bonds. The number of rotatable bonds is 6. The summed E-state index contributed by atoms with van der Waals surface area (Å²) in [5, 5.41) is 19.3. The van der Waals surface area contributed by atoms with Crippen LogP contribution in [0.3, 0.4) is 0 Å². The number of carbonyl (C=O) groups excluding carboxylic acids is 1. The first-order valence-electron chi connectivity index (χ1n) is 9.26. The summed E-state index contributed by atoms with van der Waals surface area (Å²) in [7, 11) is -3.69. The molecule has 4 rings (SSSR count). The molecule has 2 N–H and O–H groups in total. The van der Waals surface area contributed by atoms with Gasteiger partial charge in [-0.05, 0) is 35.7 Å². The summed E-state index contributed by atoms with van der Waals surface area (Å²) in [6.07, 6.45) is 1.43. The number of carbonyl (C=O) groups is 1. The number of sulfone groups is 1. The van der Waals surface area contributed by atoms with Crippen LogP contribution in [0.1, 0.15) is 0 Å². The minimum Gasteiger partial charge on any atom is -0.319 e. The van der Waals surface area contributed by atoms with Crippen LogP contribution >= 0.6 is 11.3 Å². The summed E-state index contributed by atoms with van der Waals surface area (Å²) < 4.78 is 25.0. The molecule has 0 saturated carbocycles. The van der Waals surface area contributed by atoms with Crippen LogP contribution in [0.4, 0.5) is 11.4 Å². The van der Waals surface area contributed by atoms with Crippen molar-refractivity contribution in [2.45, 2.75) is 9.24 Å². The minimum absolute atomic E-state index is 0.00750. The van der Waals surface area contributed by atoms with E-state index in [9.17, 15) is 18.5 Å². The third-order valence-electron chi connectivity index (χ3n) is 4.46. The van der Waals surface area contributed by atoms with E-state index in [1.807, 2.05) is 30.3 Å². The number of anilines is 2. The third-order valence-corrected chi connectivity index (χ3v) is 7.43. The summed E-state index contributed by atoms with van der Waals surface area (Å²) in [6, 6.07) is 20.6. The van der Waals surface area contributed by atoms with Gasteiger partial charge < -0.3 is 5.32 Å². The van der Waals surface area contributed by atoms with E-state index < -0.39 is 15.7 Å². The van der Waals surface area contributed by atoms with Crippen molar-refractivity contribution in [2.24, 2.45) is 5.10 Å². The van der Waals surface area contributed by atoms with Crippen LogP contribution in [-0.2, 0) is 14.6 Å². The van der Waals surface area contributed by atoms with Gasteiger partial charge in [0, 0.05) is 22.7 Å². The molecule has 0 atom stereocenters. The van der Waals surface area contributed by atoms with Crippen molar-refractivity contribution in [3.8, 4) is 6.07 Å². The Kier molecular flexibility index (Phi) is 5.93. The van der Waals surface area contributed by atoms with E-state index in [1.165, 1.54) is 30.5 Å². The van der Waals surface area contributed by atoms with Crippen molar-refractivity contribution in [2.75, 3.05) is 10.7 Å². The molecule has 8 nitrogen and oxygen atoms in total. The van der Waals surface area contributed by atoms with Crippen molar-refractivity contribution < 1.29 is 13.2 Å². The molecule has 32 heavy (non-hydrogen) atoms. The number of aromatic nitrogens is 1. The van der Waals surface area contributed by atoms with Gasteiger partial charge in [0.25, 0.3) is 5.91 Å². The van der Waals surface area contributed by atoms with Gasteiger partial charge in [-0.15, -0.1) is 11.3 Å². The standard InChI is InChI=1S/C22H15N5O3S2/c23-14-20(21(28)25-19-7-3-5-15-4-1-2-6-18(15)19)27-26-16-8-10-17(11-9-16)32(29,30)22-24-12-13-31-22/h1-13,26H,(H,25,28)/b27-20+. The number of hydrazone groups is 1. The van der Waals surface area contributed by atoms with E-state index in [0.717, 1.165) is 22.1 Å². The molecule has 1 heterocycles. The molecule has 0 aliphatic rings. The van der Waals surface area contributed by atoms with Crippen molar-refractivity contribution in [3.05, 3.63) is 78.3 Å². The highest BCUT2D eigenvalue weighted by atomic mass is 32.2. The minimum atomic E-state index is -3.69. The van der Waals surface area contributed by atoms with E-state index in [1.54, 1.807) is 23.6 Å². The van der Waals surface area contributed by atoms with E-state index in [0.29, 0.717) is 11.4 Å². The second-order valence-electron chi connectivity index (χ2n) is 6.49. The lowest BCUT2D eigenvalue weighted by Crippen LogP contribution is -2.22. The smallest absolute Gasteiger partial charge is 0.287 e. The zero-order valence-corrected chi connectivity index (χ0v) is 18.0. The van der Waals surface area contributed by atoms with E-state index >= 15 is 0 Å². The molecule has 3 aromatic carbocycles. The van der Waals surface area contributed by atoms with Crippen LogP contribution in [0.15, 0.2) is 92.6 Å². The van der Waals surface area contributed by atoms with E-state index in [4.69, 9.17) is 0 Å². The Hall–Kier alpha value is -4.07. The predicted molar refractivity (Wildman–Crippen MR) is 123 cm³/mol. The fraction of sp³-hybridized carbons (Fsp3) is 0. The molecular formula is C22H15N5O3S2. The second-order valence-corrected chi connectivity index (χ2v) is 9.51. The molecule has 0 saturated heterocycles. The van der Waals surface area contributed by atoms with Gasteiger partial charge in [-0.1, -0.05) is 36.4 Å². The fourth-order valence-corrected chi connectivity index (χ4v) is 5.13. The SMILES string of the molecule is N#C/C(=N\Nc1ccc(S(=O)(=O)c2nccs2)cc1)C(=O)Nc1cccc2ccccc12. The summed E-state index contributed by atoms with van der Waals surface area (Å²) >= 11 is 1.03. The van der Waals surface area contributed by atoms with Crippen LogP contribution in [0, 0.1) is 11.3 Å². The molecule has 0 aliphatic heterocycles. The molecule has 158 valence electrons. The first-order chi connectivity index (χ1) is 15.5. The van der Waals surface area contributed by atoms with Gasteiger partial charge in [-0.2, -0.15) is 10.4 Å². The predicted octanol–water partition coefficient (Wildman–Crippen LogP) is 4.06. The van der Waals surface area contributed by atoms with Crippen LogP contribution < -0.4 is 10.7 Å². The number of fused-ring (bicyclic) bond motifs is 1. The highest BCUT2D eigenvalue weighted by Gasteiger charge is 2.20. The Morgan fingerprint density at radius 3 is 2.50 bits per heavy atom. The number of hydrogen-bond acceptors (Lipinski definition) is 8. The van der Waals surface area contributed by atoms with E-state index in [-0.39, 0.29) is 14.9 Å². The average molecular weight is 462 g/mol. The van der Waals surface area contributed by atoms with Gasteiger partial charge in [0.05, 0.1) is 10.6 Å². The molecule has 4 aromatic rings. The van der Waals surface area contributed by atoms with Crippen LogP contribution in [0.2, 0.25) is 0 Å². The molecule has 0 radical (unpaired) electrons. The molecule has 1 aromatic heterocycles. The Balaban J connectivity index is 1.49. The fourth-order valence-electron chi connectivity index (χ4n) is 2.92. The maximum atomic E-state index is 12.5. The molecule has 0 fully saturated rings. The number of nitrogens with one attached hydrogen (secondary N) is 2. The van der Waals surface area contributed by atoms with Gasteiger partial charge in [0.1, 0.15) is 6.07 Å². The molecule has 0 bridgehead atoms. The first kappa shape index (κ1) is 21.2. The van der Waals surface area contributed by atoms with Gasteiger partial charge in [0.15, 0.2) is 0 Å². The quantitative estimate of drug-likeness (QED) is 0.330. The van der Waals surface area contributed by atoms with Crippen LogP contribution in [-0.4, -0.2) is 25.0 Å². The number of nitrogens with zero attached hydrogens (tertiary/aromatic N) is 3. The van der Waals surface area contributed by atoms with Gasteiger partial charge in [-0.25, -0.2) is 13.4 Å². The van der Waals surface area contributed by atoms with Crippen molar-refractivity contribution >= 4 is 54.9 Å². The Morgan fingerprint density at radius 2 is 1.78 bits per heavy atom. The normalized spacial score (nSPS) is 11.7. The number of thiazole rings is 1. The molecule has 0 spiro atoms. The Labute approximate surface area is 187 Å². The Bertz CT molecular complexity index is 1450. The van der Waals surface area contributed by atoms with Gasteiger partial charge >= 0.3 is 0 Å². The first-order valence-corrected chi connectivity index (χ1v) is 11.6. The van der Waals surface area contributed by atoms with Crippen molar-refractivity contribution in [3.63, 3.8) is 0 Å². The van der Waals surface area contributed by atoms with Crippen molar-refractivity contribution in [1.29, 1.82) is 5.26 Å². The largest absolute Gasteiger partial charge is 0.319 e. The molecule has 10 heteroatoms. The van der Waals surface area contributed by atoms with Crippen LogP contribution in [0.5, 0.6) is 0 Å². The Morgan fingerprint density at radius 1 is 1.03 bits per heavy atom. The summed E-state index contributed by atoms with van der Waals surface area (Å²) in [5.74, 6) is -0.667. The molecular weight excluding hydrogens is 446 g/mol. The van der Waals surface area contributed by atoms with E-state index in [2.05, 4.69) is 20.8 Å². The van der Waals surface area contributed by atoms with Crippen molar-refractivity contribution in [1.82, 2.24) is 4.98 Å². The zero-order chi connectivity index (χ0) is 22.6. The lowest BCUT2D eigenvalue weighted by molar-refractivity contribution is -0.110. The maximum absolute atomic E-state index is 12.5. The number of benzene rings is 3. The zero-order valence-electron chi connectivity index (χ0n) is 16.4. The average Bonchev–Trinajstić information content (AvgIpc) is 3.36. The lowest BCUT2D eigenvalue weighted by Gasteiger charge is -2.08. The highest BCUT2D eigenvalue weighted by Crippen LogP contribution is 2.24. The molecule has 0 unspecified atom stereocenters. The number of nitriles is 1. The number of hydrogen-bond donors (Lipinski definition) is 2. The summed E-state index contributed by atoms with van der Waals surface area (Å²) in [5.41, 5.74) is 3.21. The number of amides is 1. The maximum Gasteiger partial charge on any atom is 0.287 e. The lowest BCUT2D eigenvalue weighted by atomic mass is 10.1. The molecule has 0 aliphatic carbocycles. The van der Waals surface area contributed by atoms with Gasteiger partial charge in [-0.3, -0.25) is 10.2 Å². The third kappa shape index (κ3) is 4.34. The van der Waals surface area contributed by atoms with Gasteiger partial charge in [0.2, 0.25) is 19.9 Å². The second kappa shape index (κ2) is 8.97. The van der Waals surface area contributed by atoms with Crippen LogP contribution in [0.25, 0.3) is 10.8 Å².